The molecule has 0 aliphatic rings. The first-order valence-corrected chi connectivity index (χ1v) is 9.68. The van der Waals surface area contributed by atoms with Gasteiger partial charge in [-0.3, -0.25) is 9.52 Å². The summed E-state index contributed by atoms with van der Waals surface area (Å²) in [6.45, 7) is 0. The number of sulfonamides is 1. The second-order valence-corrected chi connectivity index (χ2v) is 7.87. The Bertz CT molecular complexity index is 1120. The minimum atomic E-state index is -3.96. The molecular weight excluding hydrogens is 391 g/mol. The van der Waals surface area contributed by atoms with Crippen molar-refractivity contribution >= 4 is 38.8 Å². The van der Waals surface area contributed by atoms with Gasteiger partial charge in [0.05, 0.1) is 16.1 Å². The fourth-order valence-corrected chi connectivity index (χ4v) is 3.71. The van der Waals surface area contributed by atoms with E-state index in [1.807, 2.05) is 0 Å². The van der Waals surface area contributed by atoms with Crippen molar-refractivity contribution in [3.63, 3.8) is 0 Å². The van der Waals surface area contributed by atoms with Gasteiger partial charge in [-0.05, 0) is 42.5 Å². The molecule has 3 rings (SSSR count). The van der Waals surface area contributed by atoms with E-state index >= 15 is 0 Å². The molecule has 0 atom stereocenters. The summed E-state index contributed by atoms with van der Waals surface area (Å²) in [5.74, 6) is -1.39. The van der Waals surface area contributed by atoms with Crippen molar-refractivity contribution in [2.75, 3.05) is 4.72 Å². The monoisotopic (exact) mass is 405 g/mol. The van der Waals surface area contributed by atoms with Crippen LogP contribution in [0.3, 0.4) is 0 Å². The topological polar surface area (TPSA) is 90.9 Å². The van der Waals surface area contributed by atoms with E-state index in [1.54, 1.807) is 12.1 Å². The van der Waals surface area contributed by atoms with Crippen molar-refractivity contribution in [3.8, 4) is 0 Å². The zero-order valence-corrected chi connectivity index (χ0v) is 15.5. The summed E-state index contributed by atoms with van der Waals surface area (Å²) < 4.78 is 41.6. The Hall–Kier alpha value is -2.74. The maximum absolute atomic E-state index is 14.0. The van der Waals surface area contributed by atoms with E-state index < -0.39 is 21.6 Å². The largest absolute Gasteiger partial charge is 0.325 e. The summed E-state index contributed by atoms with van der Waals surface area (Å²) in [4.78, 5) is 12.8. The predicted octanol–water partition coefficient (Wildman–Crippen LogP) is 3.38. The third-order valence-electron chi connectivity index (χ3n) is 3.82. The molecule has 0 radical (unpaired) electrons. The number of carbonyl (C=O) groups is 1. The Labute approximate surface area is 160 Å². The second-order valence-electron chi connectivity index (χ2n) is 5.75. The van der Waals surface area contributed by atoms with Crippen molar-refractivity contribution in [1.82, 2.24) is 0 Å². The maximum Gasteiger partial charge on any atom is 0.261 e. The zero-order chi connectivity index (χ0) is 19.6. The number of hydrogen-bond donors (Lipinski definition) is 2. The molecule has 8 heteroatoms. The van der Waals surface area contributed by atoms with Crippen LogP contribution in [0, 0.1) is 5.82 Å². The van der Waals surface area contributed by atoms with Crippen molar-refractivity contribution < 1.29 is 23.3 Å². The number of rotatable bonds is 5. The molecule has 27 heavy (non-hydrogen) atoms. The molecule has 4 N–H and O–H groups in total. The Kier molecular flexibility index (Phi) is 5.27. The third kappa shape index (κ3) is 4.16. The molecule has 0 saturated heterocycles. The van der Waals surface area contributed by atoms with Crippen LogP contribution in [0.2, 0.25) is 5.02 Å². The van der Waals surface area contributed by atoms with Gasteiger partial charge in [-0.2, -0.15) is 0 Å². The van der Waals surface area contributed by atoms with Crippen LogP contribution in [-0.4, -0.2) is 14.2 Å². The summed E-state index contributed by atoms with van der Waals surface area (Å²) in [6.07, 6.45) is 0. The number of anilines is 1. The van der Waals surface area contributed by atoms with E-state index in [0.29, 0.717) is 5.69 Å². The van der Waals surface area contributed by atoms with Gasteiger partial charge in [-0.25, -0.2) is 12.8 Å². The Morgan fingerprint density at radius 3 is 2.30 bits per heavy atom. The van der Waals surface area contributed by atoms with E-state index in [-0.39, 0.29) is 26.7 Å². The van der Waals surface area contributed by atoms with E-state index in [0.717, 1.165) is 6.07 Å². The first kappa shape index (κ1) is 19.0. The van der Waals surface area contributed by atoms with Gasteiger partial charge in [0.2, 0.25) is 0 Å². The van der Waals surface area contributed by atoms with Gasteiger partial charge in [0.1, 0.15) is 11.5 Å². The Balaban J connectivity index is 2.03. The zero-order valence-electron chi connectivity index (χ0n) is 13.9. The number of halogens is 2. The van der Waals surface area contributed by atoms with Crippen molar-refractivity contribution in [3.05, 3.63) is 88.7 Å². The maximum atomic E-state index is 14.0. The molecule has 0 unspecified atom stereocenters. The summed E-state index contributed by atoms with van der Waals surface area (Å²) in [7, 11) is -3.96. The first-order chi connectivity index (χ1) is 12.8. The molecule has 0 fully saturated rings. The molecule has 0 bridgehead atoms. The normalized spacial score (nSPS) is 11.2. The summed E-state index contributed by atoms with van der Waals surface area (Å²) in [6, 6.07) is 15.5. The Morgan fingerprint density at radius 1 is 0.963 bits per heavy atom. The van der Waals surface area contributed by atoms with Gasteiger partial charge in [-0.15, -0.1) is 0 Å². The fraction of sp³-hybridized carbons (Fsp3) is 0. The van der Waals surface area contributed by atoms with E-state index in [1.165, 1.54) is 48.5 Å². The predicted molar refractivity (Wildman–Crippen MR) is 101 cm³/mol. The van der Waals surface area contributed by atoms with E-state index in [9.17, 15) is 17.6 Å². The highest BCUT2D eigenvalue weighted by Crippen LogP contribution is 2.27. The van der Waals surface area contributed by atoms with Gasteiger partial charge < -0.3 is 5.73 Å². The van der Waals surface area contributed by atoms with Crippen molar-refractivity contribution in [2.24, 2.45) is 0 Å². The summed E-state index contributed by atoms with van der Waals surface area (Å²) in [5.41, 5.74) is 4.15. The molecule has 3 aromatic rings. The van der Waals surface area contributed by atoms with Crippen LogP contribution in [-0.2, 0) is 10.0 Å². The van der Waals surface area contributed by atoms with Gasteiger partial charge in [0.15, 0.2) is 5.78 Å². The highest BCUT2D eigenvalue weighted by atomic mass is 35.5. The Morgan fingerprint density at radius 2 is 1.63 bits per heavy atom. The molecule has 0 heterocycles. The number of quaternary nitrogens is 1. The smallest absolute Gasteiger partial charge is 0.261 e. The van der Waals surface area contributed by atoms with Crippen LogP contribution in [0.25, 0.3) is 0 Å². The molecule has 0 aliphatic carbocycles. The fourth-order valence-electron chi connectivity index (χ4n) is 2.46. The molecule has 138 valence electrons. The first-order valence-electron chi connectivity index (χ1n) is 7.81. The number of benzene rings is 3. The van der Waals surface area contributed by atoms with Gasteiger partial charge >= 0.3 is 0 Å². The average molecular weight is 406 g/mol. The molecule has 0 aliphatic heterocycles. The SMILES string of the molecule is [NH3+]c1ccc(S(=O)(=O)Nc2ccc(Cl)cc2C(=O)c2ccccc2F)cc1. The standard InChI is InChI=1S/C19H14ClFN2O3S/c20-12-5-10-18(23-27(25,26)14-8-6-13(22)7-9-14)16(11-12)19(24)15-3-1-2-4-17(15)21/h1-11,23H,22H2/p+1. The lowest BCUT2D eigenvalue weighted by Gasteiger charge is -2.13. The van der Waals surface area contributed by atoms with Crippen LogP contribution < -0.4 is 10.5 Å². The highest BCUT2D eigenvalue weighted by molar-refractivity contribution is 7.92. The lowest BCUT2D eigenvalue weighted by atomic mass is 10.0. The number of carbonyl (C=O) groups excluding carboxylic acids is 1. The van der Waals surface area contributed by atoms with Crippen LogP contribution in [0.15, 0.2) is 71.6 Å². The van der Waals surface area contributed by atoms with Crippen molar-refractivity contribution in [2.45, 2.75) is 4.90 Å². The van der Waals surface area contributed by atoms with Gasteiger partial charge in [0.25, 0.3) is 10.0 Å². The minimum absolute atomic E-state index is 0.00588. The molecular formula is C19H15ClFN2O3S+. The van der Waals surface area contributed by atoms with Crippen molar-refractivity contribution in [1.29, 1.82) is 0 Å². The molecule has 0 amide bonds. The third-order valence-corrected chi connectivity index (χ3v) is 5.44. The molecule has 5 nitrogen and oxygen atoms in total. The average Bonchev–Trinajstić information content (AvgIpc) is 2.63. The lowest BCUT2D eigenvalue weighted by Crippen LogP contribution is -2.39. The number of ketones is 1. The van der Waals surface area contributed by atoms with E-state index in [2.05, 4.69) is 10.5 Å². The summed E-state index contributed by atoms with van der Waals surface area (Å²) >= 11 is 5.96. The second kappa shape index (κ2) is 7.48. The minimum Gasteiger partial charge on any atom is -0.325 e. The summed E-state index contributed by atoms with van der Waals surface area (Å²) in [5, 5.41) is 0.221. The molecule has 0 spiro atoms. The molecule has 0 aromatic heterocycles. The number of nitrogens with one attached hydrogen (secondary N) is 1. The van der Waals surface area contributed by atoms with Crippen LogP contribution in [0.1, 0.15) is 15.9 Å². The van der Waals surface area contributed by atoms with Crippen LogP contribution in [0.5, 0.6) is 0 Å². The van der Waals surface area contributed by atoms with Gasteiger partial charge in [0, 0.05) is 22.7 Å². The quantitative estimate of drug-likeness (QED) is 0.637. The van der Waals surface area contributed by atoms with Gasteiger partial charge in [-0.1, -0.05) is 23.7 Å². The highest BCUT2D eigenvalue weighted by Gasteiger charge is 2.21. The van der Waals surface area contributed by atoms with E-state index in [4.69, 9.17) is 11.6 Å². The molecule has 0 saturated carbocycles. The number of hydrogen-bond acceptors (Lipinski definition) is 3. The van der Waals surface area contributed by atoms with Crippen LogP contribution >= 0.6 is 11.6 Å². The van der Waals surface area contributed by atoms with Crippen LogP contribution in [0.4, 0.5) is 15.8 Å². The lowest BCUT2D eigenvalue weighted by molar-refractivity contribution is -0.254. The molecule has 3 aromatic carbocycles.